The minimum absolute atomic E-state index is 0.0684. The van der Waals surface area contributed by atoms with Gasteiger partial charge < -0.3 is 9.30 Å². The van der Waals surface area contributed by atoms with Crippen molar-refractivity contribution < 1.29 is 13.2 Å². The van der Waals surface area contributed by atoms with Gasteiger partial charge in [-0.3, -0.25) is 0 Å². The lowest BCUT2D eigenvalue weighted by Gasteiger charge is -2.26. The Labute approximate surface area is 117 Å². The molecule has 1 aliphatic rings. The summed E-state index contributed by atoms with van der Waals surface area (Å²) in [5.41, 5.74) is 3.10. The highest BCUT2D eigenvalue weighted by Crippen LogP contribution is 2.26. The van der Waals surface area contributed by atoms with E-state index in [4.69, 9.17) is 4.74 Å². The Balaban J connectivity index is 2.00. The molecular formula is C13H17N3O3S. The van der Waals surface area contributed by atoms with E-state index in [1.807, 2.05) is 25.1 Å². The fraction of sp³-hybridized carbons (Fsp3) is 0.462. The SMILES string of the molecule is Cc1ccc2c(c1)nc1n2[C@@H](CNS(C)(=O)=O)COC1. The molecule has 0 unspecified atom stereocenters. The number of rotatable bonds is 3. The van der Waals surface area contributed by atoms with Crippen molar-refractivity contribution >= 4 is 21.1 Å². The lowest BCUT2D eigenvalue weighted by atomic mass is 10.2. The maximum atomic E-state index is 11.3. The van der Waals surface area contributed by atoms with Crippen molar-refractivity contribution in [1.82, 2.24) is 14.3 Å². The predicted octanol–water partition coefficient (Wildman–Crippen LogP) is 0.965. The molecule has 0 aliphatic carbocycles. The van der Waals surface area contributed by atoms with Gasteiger partial charge in [-0.15, -0.1) is 0 Å². The number of hydrogen-bond donors (Lipinski definition) is 1. The summed E-state index contributed by atoms with van der Waals surface area (Å²) < 4.78 is 32.6. The van der Waals surface area contributed by atoms with E-state index in [0.717, 1.165) is 28.7 Å². The number of aromatic nitrogens is 2. The van der Waals surface area contributed by atoms with Gasteiger partial charge in [0.1, 0.15) is 12.4 Å². The van der Waals surface area contributed by atoms with Crippen LogP contribution < -0.4 is 4.72 Å². The highest BCUT2D eigenvalue weighted by atomic mass is 32.2. The molecule has 0 radical (unpaired) electrons. The third kappa shape index (κ3) is 2.56. The fourth-order valence-electron chi connectivity index (χ4n) is 2.53. The average molecular weight is 295 g/mol. The zero-order valence-electron chi connectivity index (χ0n) is 11.5. The first kappa shape index (κ1) is 13.5. The molecule has 7 heteroatoms. The molecular weight excluding hydrogens is 278 g/mol. The van der Waals surface area contributed by atoms with Gasteiger partial charge in [-0.2, -0.15) is 0 Å². The van der Waals surface area contributed by atoms with Gasteiger partial charge in [0.05, 0.1) is 29.9 Å². The highest BCUT2D eigenvalue weighted by molar-refractivity contribution is 7.88. The Bertz CT molecular complexity index is 752. The number of fused-ring (bicyclic) bond motifs is 3. The molecule has 1 N–H and O–H groups in total. The summed E-state index contributed by atoms with van der Waals surface area (Å²) in [5, 5.41) is 0. The first-order valence-corrected chi connectivity index (χ1v) is 8.33. The molecule has 0 saturated carbocycles. The van der Waals surface area contributed by atoms with Gasteiger partial charge in [0.25, 0.3) is 0 Å². The predicted molar refractivity (Wildman–Crippen MR) is 76.0 cm³/mol. The summed E-state index contributed by atoms with van der Waals surface area (Å²) >= 11 is 0. The van der Waals surface area contributed by atoms with Gasteiger partial charge in [0, 0.05) is 6.54 Å². The van der Waals surface area contributed by atoms with Crippen molar-refractivity contribution in [3.63, 3.8) is 0 Å². The first-order chi connectivity index (χ1) is 9.44. The summed E-state index contributed by atoms with van der Waals surface area (Å²) in [7, 11) is -3.21. The summed E-state index contributed by atoms with van der Waals surface area (Å²) in [6.07, 6.45) is 1.16. The van der Waals surface area contributed by atoms with Crippen LogP contribution in [0.5, 0.6) is 0 Å². The van der Waals surface area contributed by atoms with E-state index in [9.17, 15) is 8.42 Å². The minimum atomic E-state index is -3.21. The molecule has 1 aliphatic heterocycles. The van der Waals surface area contributed by atoms with Gasteiger partial charge in [0.15, 0.2) is 0 Å². The monoisotopic (exact) mass is 295 g/mol. The number of nitrogens with one attached hydrogen (secondary N) is 1. The lowest BCUT2D eigenvalue weighted by Crippen LogP contribution is -2.35. The molecule has 2 aromatic rings. The van der Waals surface area contributed by atoms with Crippen LogP contribution in [0.2, 0.25) is 0 Å². The topological polar surface area (TPSA) is 73.2 Å². The van der Waals surface area contributed by atoms with Crippen molar-refractivity contribution in [2.45, 2.75) is 19.6 Å². The normalized spacial score (nSPS) is 19.2. The molecule has 0 bridgehead atoms. The second-order valence-corrected chi connectivity index (χ2v) is 7.01. The van der Waals surface area contributed by atoms with Crippen LogP contribution in [0.15, 0.2) is 18.2 Å². The standard InChI is InChI=1S/C13H17N3O3S/c1-9-3-4-12-11(5-9)15-13-8-19-7-10(16(12)13)6-14-20(2,17)18/h3-5,10,14H,6-8H2,1-2H3/t10-/m0/s1. The number of benzene rings is 1. The number of hydrogen-bond acceptors (Lipinski definition) is 4. The van der Waals surface area contributed by atoms with E-state index in [0.29, 0.717) is 19.8 Å². The fourth-order valence-corrected chi connectivity index (χ4v) is 3.02. The molecule has 6 nitrogen and oxygen atoms in total. The van der Waals surface area contributed by atoms with Crippen molar-refractivity contribution in [3.8, 4) is 0 Å². The van der Waals surface area contributed by atoms with Crippen LogP contribution in [0, 0.1) is 6.92 Å². The van der Waals surface area contributed by atoms with Crippen molar-refractivity contribution in [3.05, 3.63) is 29.6 Å². The van der Waals surface area contributed by atoms with Crippen LogP contribution in [0.25, 0.3) is 11.0 Å². The Morgan fingerprint density at radius 3 is 3.05 bits per heavy atom. The van der Waals surface area contributed by atoms with E-state index in [-0.39, 0.29) is 6.04 Å². The highest BCUT2D eigenvalue weighted by Gasteiger charge is 2.24. The number of nitrogens with zero attached hydrogens (tertiary/aromatic N) is 2. The Morgan fingerprint density at radius 2 is 2.30 bits per heavy atom. The largest absolute Gasteiger partial charge is 0.371 e. The molecule has 20 heavy (non-hydrogen) atoms. The lowest BCUT2D eigenvalue weighted by molar-refractivity contribution is 0.0581. The molecule has 0 spiro atoms. The van der Waals surface area contributed by atoms with Crippen LogP contribution in [-0.2, 0) is 21.4 Å². The van der Waals surface area contributed by atoms with E-state index in [2.05, 4.69) is 14.3 Å². The molecule has 0 fully saturated rings. The molecule has 1 atom stereocenters. The van der Waals surface area contributed by atoms with Gasteiger partial charge >= 0.3 is 0 Å². The molecule has 0 amide bonds. The second kappa shape index (κ2) is 4.83. The Kier molecular flexibility index (Phi) is 3.27. The summed E-state index contributed by atoms with van der Waals surface area (Å²) in [5.74, 6) is 0.845. The first-order valence-electron chi connectivity index (χ1n) is 6.44. The van der Waals surface area contributed by atoms with E-state index in [1.54, 1.807) is 0 Å². The Hall–Kier alpha value is -1.44. The average Bonchev–Trinajstić information content (AvgIpc) is 2.73. The maximum Gasteiger partial charge on any atom is 0.208 e. The van der Waals surface area contributed by atoms with Crippen LogP contribution in [0.4, 0.5) is 0 Å². The third-order valence-electron chi connectivity index (χ3n) is 3.41. The molecule has 2 heterocycles. The van der Waals surface area contributed by atoms with Crippen molar-refractivity contribution in [2.24, 2.45) is 0 Å². The molecule has 1 aromatic heterocycles. The van der Waals surface area contributed by atoms with Gasteiger partial charge in [-0.05, 0) is 24.6 Å². The van der Waals surface area contributed by atoms with Crippen molar-refractivity contribution in [1.29, 1.82) is 0 Å². The number of imidazole rings is 1. The van der Waals surface area contributed by atoms with E-state index >= 15 is 0 Å². The summed E-state index contributed by atoms with van der Waals surface area (Å²) in [6.45, 7) is 3.28. The van der Waals surface area contributed by atoms with Crippen molar-refractivity contribution in [2.75, 3.05) is 19.4 Å². The molecule has 3 rings (SSSR count). The van der Waals surface area contributed by atoms with Gasteiger partial charge in [-0.1, -0.05) is 6.07 Å². The summed E-state index contributed by atoms with van der Waals surface area (Å²) in [6, 6.07) is 6.02. The van der Waals surface area contributed by atoms with Crippen LogP contribution in [0.1, 0.15) is 17.4 Å². The zero-order chi connectivity index (χ0) is 14.3. The molecule has 108 valence electrons. The minimum Gasteiger partial charge on any atom is -0.371 e. The van der Waals surface area contributed by atoms with E-state index < -0.39 is 10.0 Å². The van der Waals surface area contributed by atoms with Gasteiger partial charge in [-0.25, -0.2) is 18.1 Å². The molecule has 1 aromatic carbocycles. The maximum absolute atomic E-state index is 11.3. The van der Waals surface area contributed by atoms with Crippen LogP contribution >= 0.6 is 0 Å². The van der Waals surface area contributed by atoms with Crippen LogP contribution in [-0.4, -0.2) is 37.4 Å². The second-order valence-electron chi connectivity index (χ2n) is 5.18. The van der Waals surface area contributed by atoms with Crippen LogP contribution in [0.3, 0.4) is 0 Å². The van der Waals surface area contributed by atoms with E-state index in [1.165, 1.54) is 0 Å². The van der Waals surface area contributed by atoms with Gasteiger partial charge in [0.2, 0.25) is 10.0 Å². The smallest absolute Gasteiger partial charge is 0.208 e. The summed E-state index contributed by atoms with van der Waals surface area (Å²) in [4.78, 5) is 4.57. The zero-order valence-corrected chi connectivity index (χ0v) is 12.3. The number of ether oxygens (including phenoxy) is 1. The molecule has 0 saturated heterocycles. The third-order valence-corrected chi connectivity index (χ3v) is 4.10. The number of sulfonamides is 1. The quantitative estimate of drug-likeness (QED) is 0.915. The number of aryl methyl sites for hydroxylation is 1. The Morgan fingerprint density at radius 1 is 1.50 bits per heavy atom.